The molecule has 2 N–H and O–H groups in total. The van der Waals surface area contributed by atoms with Gasteiger partial charge in [-0.2, -0.15) is 5.10 Å². The van der Waals surface area contributed by atoms with Crippen molar-refractivity contribution in [3.05, 3.63) is 75.4 Å². The number of piperidine rings is 1. The smallest absolute Gasteiger partial charge is 0.251 e. The Morgan fingerprint density at radius 1 is 1.16 bits per heavy atom. The maximum Gasteiger partial charge on any atom is 0.251 e. The molecule has 0 spiro atoms. The fourth-order valence-corrected chi connectivity index (χ4v) is 4.50. The van der Waals surface area contributed by atoms with E-state index in [1.807, 2.05) is 0 Å². The van der Waals surface area contributed by atoms with Crippen molar-refractivity contribution in [2.24, 2.45) is 7.05 Å². The number of benzene rings is 2. The minimum Gasteiger partial charge on any atom is -0.347 e. The molecule has 1 fully saturated rings. The summed E-state index contributed by atoms with van der Waals surface area (Å²) in [6.45, 7) is 1.24. The molecular formula is C22H20Cl2F2N4O. The summed E-state index contributed by atoms with van der Waals surface area (Å²) < 4.78 is 28.7. The van der Waals surface area contributed by atoms with E-state index in [1.165, 1.54) is 12.3 Å². The standard InChI is InChI=1S/C22H20Cl2F2N4O/c1-30-21(17(24)10-28-30)15-4-2-13(8-16(15)23)22(31)29-20-11-27-7-6-14(20)12-3-5-18(25)19(26)9-12/h2-5,8-10,14,20,27H,6-7,11H2,1H3,(H,29,31)/t14-,20+/m0/s1. The average molecular weight is 465 g/mol. The van der Waals surface area contributed by atoms with Crippen molar-refractivity contribution in [2.45, 2.75) is 18.4 Å². The minimum absolute atomic E-state index is 0.136. The van der Waals surface area contributed by atoms with Gasteiger partial charge in [0.1, 0.15) is 0 Å². The summed E-state index contributed by atoms with van der Waals surface area (Å²) in [5.41, 5.74) is 2.38. The highest BCUT2D eigenvalue weighted by atomic mass is 35.5. The summed E-state index contributed by atoms with van der Waals surface area (Å²) in [7, 11) is 1.76. The van der Waals surface area contributed by atoms with Crippen LogP contribution in [0.4, 0.5) is 8.78 Å². The lowest BCUT2D eigenvalue weighted by atomic mass is 9.85. The predicted octanol–water partition coefficient (Wildman–Crippen LogP) is 4.55. The monoisotopic (exact) mass is 464 g/mol. The first-order valence-electron chi connectivity index (χ1n) is 9.79. The molecule has 9 heteroatoms. The third kappa shape index (κ3) is 4.44. The van der Waals surface area contributed by atoms with Gasteiger partial charge in [-0.3, -0.25) is 9.48 Å². The van der Waals surface area contributed by atoms with Crippen LogP contribution in [0.25, 0.3) is 11.3 Å². The zero-order valence-corrected chi connectivity index (χ0v) is 18.1. The van der Waals surface area contributed by atoms with Crippen LogP contribution < -0.4 is 10.6 Å². The largest absolute Gasteiger partial charge is 0.347 e. The van der Waals surface area contributed by atoms with Gasteiger partial charge in [0.15, 0.2) is 11.6 Å². The quantitative estimate of drug-likeness (QED) is 0.595. The lowest BCUT2D eigenvalue weighted by Crippen LogP contribution is -2.50. The van der Waals surface area contributed by atoms with E-state index in [1.54, 1.807) is 36.0 Å². The molecule has 1 aliphatic rings. The lowest BCUT2D eigenvalue weighted by molar-refractivity contribution is 0.0924. The van der Waals surface area contributed by atoms with Crippen LogP contribution in [0.3, 0.4) is 0 Å². The Kier molecular flexibility index (Phi) is 6.27. The van der Waals surface area contributed by atoms with Crippen LogP contribution in [-0.4, -0.2) is 34.8 Å². The Bertz CT molecular complexity index is 1120. The van der Waals surface area contributed by atoms with Gasteiger partial charge in [0.25, 0.3) is 5.91 Å². The van der Waals surface area contributed by atoms with Gasteiger partial charge in [0.2, 0.25) is 0 Å². The van der Waals surface area contributed by atoms with Crippen molar-refractivity contribution >= 4 is 29.1 Å². The molecule has 2 aromatic carbocycles. The number of hydrogen-bond donors (Lipinski definition) is 2. The van der Waals surface area contributed by atoms with E-state index in [2.05, 4.69) is 15.7 Å². The zero-order chi connectivity index (χ0) is 22.1. The summed E-state index contributed by atoms with van der Waals surface area (Å²) in [4.78, 5) is 12.9. The van der Waals surface area contributed by atoms with Crippen molar-refractivity contribution in [1.82, 2.24) is 20.4 Å². The van der Waals surface area contributed by atoms with Crippen molar-refractivity contribution in [3.63, 3.8) is 0 Å². The Morgan fingerprint density at radius 3 is 2.65 bits per heavy atom. The van der Waals surface area contributed by atoms with Crippen LogP contribution >= 0.6 is 23.2 Å². The number of hydrogen-bond acceptors (Lipinski definition) is 3. The molecule has 1 aliphatic heterocycles. The predicted molar refractivity (Wildman–Crippen MR) is 117 cm³/mol. The molecule has 0 bridgehead atoms. The van der Waals surface area contributed by atoms with Crippen molar-refractivity contribution in [2.75, 3.05) is 13.1 Å². The molecule has 0 saturated carbocycles. The number of nitrogens with zero attached hydrogens (tertiary/aromatic N) is 2. The molecule has 5 nitrogen and oxygen atoms in total. The van der Waals surface area contributed by atoms with Crippen LogP contribution in [-0.2, 0) is 7.05 Å². The fraction of sp³-hybridized carbons (Fsp3) is 0.273. The third-order valence-corrected chi connectivity index (χ3v) is 6.14. The van der Waals surface area contributed by atoms with E-state index in [-0.39, 0.29) is 17.9 Å². The maximum atomic E-state index is 13.7. The van der Waals surface area contributed by atoms with Gasteiger partial charge in [-0.05, 0) is 42.8 Å². The van der Waals surface area contributed by atoms with E-state index in [4.69, 9.17) is 23.2 Å². The molecule has 1 amide bonds. The Morgan fingerprint density at radius 2 is 1.97 bits per heavy atom. The van der Waals surface area contributed by atoms with Gasteiger partial charge in [-0.25, -0.2) is 8.78 Å². The van der Waals surface area contributed by atoms with Crippen molar-refractivity contribution in [1.29, 1.82) is 0 Å². The second-order valence-electron chi connectivity index (χ2n) is 7.51. The van der Waals surface area contributed by atoms with E-state index in [9.17, 15) is 13.6 Å². The molecule has 0 unspecified atom stereocenters. The van der Waals surface area contributed by atoms with E-state index < -0.39 is 11.6 Å². The number of carbonyl (C=O) groups is 1. The maximum absolute atomic E-state index is 13.7. The number of halogens is 4. The Balaban J connectivity index is 1.55. The van der Waals surface area contributed by atoms with E-state index in [0.29, 0.717) is 45.4 Å². The number of aromatic nitrogens is 2. The summed E-state index contributed by atoms with van der Waals surface area (Å²) in [5.74, 6) is -2.21. The molecule has 1 saturated heterocycles. The van der Waals surface area contributed by atoms with Gasteiger partial charge in [-0.15, -0.1) is 0 Å². The van der Waals surface area contributed by atoms with Crippen LogP contribution in [0.5, 0.6) is 0 Å². The van der Waals surface area contributed by atoms with Crippen LogP contribution in [0.15, 0.2) is 42.6 Å². The highest BCUT2D eigenvalue weighted by Gasteiger charge is 2.29. The van der Waals surface area contributed by atoms with Gasteiger partial charge < -0.3 is 10.6 Å². The van der Waals surface area contributed by atoms with E-state index >= 15 is 0 Å². The highest BCUT2D eigenvalue weighted by Crippen LogP contribution is 2.33. The molecule has 0 aliphatic carbocycles. The molecular weight excluding hydrogens is 445 g/mol. The summed E-state index contributed by atoms with van der Waals surface area (Å²) in [6.07, 6.45) is 2.22. The van der Waals surface area contributed by atoms with Crippen LogP contribution in [0.2, 0.25) is 10.0 Å². The molecule has 3 aromatic rings. The van der Waals surface area contributed by atoms with Gasteiger partial charge >= 0.3 is 0 Å². The molecule has 0 radical (unpaired) electrons. The Labute approximate surface area is 188 Å². The number of nitrogens with one attached hydrogen (secondary N) is 2. The molecule has 2 heterocycles. The van der Waals surface area contributed by atoms with E-state index in [0.717, 1.165) is 12.6 Å². The normalized spacial score (nSPS) is 18.7. The molecule has 162 valence electrons. The number of amides is 1. The first-order chi connectivity index (χ1) is 14.8. The van der Waals surface area contributed by atoms with Crippen LogP contribution in [0.1, 0.15) is 28.3 Å². The van der Waals surface area contributed by atoms with Gasteiger partial charge in [0.05, 0.1) is 21.9 Å². The third-order valence-electron chi connectivity index (χ3n) is 5.55. The topological polar surface area (TPSA) is 59.0 Å². The SMILES string of the molecule is Cn1ncc(Cl)c1-c1ccc(C(=O)N[C@@H]2CNCC[C@H]2c2ccc(F)c(F)c2)cc1Cl. The minimum atomic E-state index is -0.891. The first kappa shape index (κ1) is 21.7. The summed E-state index contributed by atoms with van der Waals surface area (Å²) in [6, 6.07) is 8.59. The molecule has 1 aromatic heterocycles. The van der Waals surface area contributed by atoms with Gasteiger partial charge in [0, 0.05) is 36.7 Å². The summed E-state index contributed by atoms with van der Waals surface area (Å²) in [5, 5.41) is 11.2. The first-order valence-corrected chi connectivity index (χ1v) is 10.5. The fourth-order valence-electron chi connectivity index (χ4n) is 3.97. The number of aryl methyl sites for hydroxylation is 1. The molecule has 31 heavy (non-hydrogen) atoms. The highest BCUT2D eigenvalue weighted by molar-refractivity contribution is 6.36. The van der Waals surface area contributed by atoms with Gasteiger partial charge in [-0.1, -0.05) is 35.3 Å². The zero-order valence-electron chi connectivity index (χ0n) is 16.6. The molecule has 2 atom stereocenters. The summed E-state index contributed by atoms with van der Waals surface area (Å²) >= 11 is 12.6. The molecule has 4 rings (SSSR count). The number of rotatable bonds is 4. The van der Waals surface area contributed by atoms with Crippen molar-refractivity contribution in [3.8, 4) is 11.3 Å². The second-order valence-corrected chi connectivity index (χ2v) is 8.33. The lowest BCUT2D eigenvalue weighted by Gasteiger charge is -2.33. The van der Waals surface area contributed by atoms with Crippen LogP contribution in [0, 0.1) is 11.6 Å². The number of carbonyl (C=O) groups excluding carboxylic acids is 1. The van der Waals surface area contributed by atoms with Crippen molar-refractivity contribution < 1.29 is 13.6 Å². The average Bonchev–Trinajstić information content (AvgIpc) is 3.08. The Hall–Kier alpha value is -2.48. The second kappa shape index (κ2) is 8.94.